The Hall–Kier alpha value is -0.433. The Bertz CT molecular complexity index is 291. The van der Waals surface area contributed by atoms with Gasteiger partial charge in [-0.1, -0.05) is 26.7 Å². The lowest BCUT2D eigenvalue weighted by Gasteiger charge is -2.16. The second-order valence-electron chi connectivity index (χ2n) is 6.60. The molecule has 0 saturated heterocycles. The molecule has 0 bridgehead atoms. The number of carbonyl (C=O) groups is 1. The molecule has 0 fully saturated rings. The van der Waals surface area contributed by atoms with Gasteiger partial charge in [0.25, 0.3) is 0 Å². The summed E-state index contributed by atoms with van der Waals surface area (Å²) in [6, 6.07) is 0. The molecule has 5 nitrogen and oxygen atoms in total. The van der Waals surface area contributed by atoms with E-state index in [0.29, 0.717) is 39.6 Å². The van der Waals surface area contributed by atoms with Crippen LogP contribution in [0.25, 0.3) is 0 Å². The van der Waals surface area contributed by atoms with Crippen LogP contribution in [0.15, 0.2) is 0 Å². The van der Waals surface area contributed by atoms with E-state index in [-0.39, 0.29) is 11.9 Å². The van der Waals surface area contributed by atoms with Gasteiger partial charge in [-0.2, -0.15) is 0 Å². The predicted molar refractivity (Wildman–Crippen MR) is 95.2 cm³/mol. The monoisotopic (exact) mass is 348 g/mol. The minimum atomic E-state index is -1.44. The lowest BCUT2D eigenvalue weighted by atomic mass is 10.00. The van der Waals surface area contributed by atoms with Gasteiger partial charge in [-0.15, -0.1) is 0 Å². The summed E-state index contributed by atoms with van der Waals surface area (Å²) in [6.07, 6.45) is 3.94. The van der Waals surface area contributed by atoms with Crippen LogP contribution in [0, 0.1) is 5.92 Å². The molecule has 1 atom stereocenters. The summed E-state index contributed by atoms with van der Waals surface area (Å²) >= 11 is 0. The number of unbranched alkanes of at least 4 members (excludes halogenated alkanes) is 1. The quantitative estimate of drug-likeness (QED) is 0.257. The van der Waals surface area contributed by atoms with Gasteiger partial charge in [0.15, 0.2) is 8.32 Å². The van der Waals surface area contributed by atoms with E-state index in [9.17, 15) is 4.79 Å². The van der Waals surface area contributed by atoms with Crippen LogP contribution in [0.1, 0.15) is 39.5 Å². The highest BCUT2D eigenvalue weighted by molar-refractivity contribution is 6.69. The van der Waals surface area contributed by atoms with Crippen LogP contribution in [0.4, 0.5) is 0 Å². The molecular weight excluding hydrogens is 312 g/mol. The Morgan fingerprint density at radius 1 is 0.913 bits per heavy atom. The highest BCUT2D eigenvalue weighted by Crippen LogP contribution is 2.14. The van der Waals surface area contributed by atoms with Gasteiger partial charge in [-0.05, 0) is 32.5 Å². The third kappa shape index (κ3) is 14.9. The summed E-state index contributed by atoms with van der Waals surface area (Å²) in [5.74, 6) is -0.0612. The molecular formula is C17H36O5Si. The lowest BCUT2D eigenvalue weighted by molar-refractivity contribution is -0.150. The van der Waals surface area contributed by atoms with Crippen molar-refractivity contribution >= 4 is 14.3 Å². The van der Waals surface area contributed by atoms with Crippen LogP contribution in [0.2, 0.25) is 19.6 Å². The number of carbonyl (C=O) groups excluding carboxylic acids is 1. The molecule has 0 spiro atoms. The van der Waals surface area contributed by atoms with E-state index >= 15 is 0 Å². The predicted octanol–water partition coefficient (Wildman–Crippen LogP) is 3.63. The molecule has 23 heavy (non-hydrogen) atoms. The van der Waals surface area contributed by atoms with Crippen molar-refractivity contribution in [2.75, 3.05) is 39.6 Å². The SMILES string of the molecule is CCCCC(CC)C(=O)OCCOCCOCCO[Si](C)(C)C. The fourth-order valence-corrected chi connectivity index (χ4v) is 2.68. The Kier molecular flexibility index (Phi) is 13.7. The van der Waals surface area contributed by atoms with Gasteiger partial charge < -0.3 is 18.6 Å². The van der Waals surface area contributed by atoms with Crippen molar-refractivity contribution in [1.29, 1.82) is 0 Å². The normalized spacial score (nSPS) is 13.1. The van der Waals surface area contributed by atoms with Gasteiger partial charge in [0.1, 0.15) is 6.61 Å². The summed E-state index contributed by atoms with van der Waals surface area (Å²) in [7, 11) is -1.44. The maximum Gasteiger partial charge on any atom is 0.308 e. The molecule has 0 aliphatic rings. The summed E-state index contributed by atoms with van der Waals surface area (Å²) in [4.78, 5) is 11.9. The molecule has 0 aromatic heterocycles. The second kappa shape index (κ2) is 14.0. The van der Waals surface area contributed by atoms with Gasteiger partial charge in [0.05, 0.1) is 39.0 Å². The molecule has 138 valence electrons. The van der Waals surface area contributed by atoms with Crippen molar-refractivity contribution < 1.29 is 23.4 Å². The van der Waals surface area contributed by atoms with Crippen LogP contribution >= 0.6 is 0 Å². The van der Waals surface area contributed by atoms with Crippen molar-refractivity contribution in [2.24, 2.45) is 5.92 Å². The highest BCUT2D eigenvalue weighted by atomic mass is 28.4. The molecule has 0 amide bonds. The zero-order valence-corrected chi connectivity index (χ0v) is 16.7. The van der Waals surface area contributed by atoms with Gasteiger partial charge in [-0.25, -0.2) is 0 Å². The summed E-state index contributed by atoms with van der Waals surface area (Å²) in [5.41, 5.74) is 0. The number of hydrogen-bond donors (Lipinski definition) is 0. The molecule has 0 rings (SSSR count). The van der Waals surface area contributed by atoms with E-state index in [1.165, 1.54) is 0 Å². The first-order valence-corrected chi connectivity index (χ1v) is 12.3. The summed E-state index contributed by atoms with van der Waals surface area (Å²) < 4.78 is 21.7. The number of hydrogen-bond acceptors (Lipinski definition) is 5. The zero-order valence-electron chi connectivity index (χ0n) is 15.7. The van der Waals surface area contributed by atoms with E-state index in [1.807, 2.05) is 6.92 Å². The van der Waals surface area contributed by atoms with Crippen LogP contribution < -0.4 is 0 Å². The van der Waals surface area contributed by atoms with Crippen LogP contribution in [-0.2, 0) is 23.4 Å². The first kappa shape index (κ1) is 22.6. The molecule has 0 saturated carbocycles. The molecule has 0 radical (unpaired) electrons. The fourth-order valence-electron chi connectivity index (χ4n) is 1.99. The van der Waals surface area contributed by atoms with E-state index in [2.05, 4.69) is 26.6 Å². The number of ether oxygens (including phenoxy) is 3. The Morgan fingerprint density at radius 2 is 1.48 bits per heavy atom. The average Bonchev–Trinajstić information content (AvgIpc) is 2.48. The minimum absolute atomic E-state index is 0.0321. The van der Waals surface area contributed by atoms with E-state index < -0.39 is 8.32 Å². The summed E-state index contributed by atoms with van der Waals surface area (Å²) in [5, 5.41) is 0. The number of rotatable bonds is 15. The van der Waals surface area contributed by atoms with Crippen LogP contribution in [-0.4, -0.2) is 53.9 Å². The van der Waals surface area contributed by atoms with Gasteiger partial charge >= 0.3 is 5.97 Å². The summed E-state index contributed by atoms with van der Waals surface area (Å²) in [6.45, 7) is 13.7. The minimum Gasteiger partial charge on any atom is -0.463 e. The second-order valence-corrected chi connectivity index (χ2v) is 11.1. The first-order valence-electron chi connectivity index (χ1n) is 8.86. The van der Waals surface area contributed by atoms with Crippen molar-refractivity contribution in [2.45, 2.75) is 59.2 Å². The number of esters is 1. The Labute approximate surface area is 143 Å². The Morgan fingerprint density at radius 3 is 2.00 bits per heavy atom. The van der Waals surface area contributed by atoms with Crippen LogP contribution in [0.5, 0.6) is 0 Å². The fraction of sp³-hybridized carbons (Fsp3) is 0.941. The molecule has 0 aliphatic heterocycles. The third-order valence-electron chi connectivity index (χ3n) is 3.34. The van der Waals surface area contributed by atoms with Gasteiger partial charge in [0, 0.05) is 0 Å². The lowest BCUT2D eigenvalue weighted by Crippen LogP contribution is -2.27. The van der Waals surface area contributed by atoms with E-state index in [1.54, 1.807) is 0 Å². The van der Waals surface area contributed by atoms with Crippen molar-refractivity contribution in [1.82, 2.24) is 0 Å². The maximum absolute atomic E-state index is 11.9. The van der Waals surface area contributed by atoms with Crippen molar-refractivity contribution in [3.63, 3.8) is 0 Å². The first-order chi connectivity index (χ1) is 10.9. The Balaban J connectivity index is 3.43. The van der Waals surface area contributed by atoms with Gasteiger partial charge in [-0.3, -0.25) is 4.79 Å². The third-order valence-corrected chi connectivity index (χ3v) is 4.41. The average molecular weight is 349 g/mol. The molecule has 0 aromatic carbocycles. The maximum atomic E-state index is 11.9. The molecule has 0 aromatic rings. The topological polar surface area (TPSA) is 54.0 Å². The van der Waals surface area contributed by atoms with Crippen molar-refractivity contribution in [3.05, 3.63) is 0 Å². The smallest absolute Gasteiger partial charge is 0.308 e. The molecule has 1 unspecified atom stereocenters. The molecule has 6 heteroatoms. The highest BCUT2D eigenvalue weighted by Gasteiger charge is 2.17. The molecule has 0 heterocycles. The molecule has 0 N–H and O–H groups in total. The van der Waals surface area contributed by atoms with Gasteiger partial charge in [0.2, 0.25) is 0 Å². The van der Waals surface area contributed by atoms with E-state index in [4.69, 9.17) is 18.6 Å². The standard InChI is InChI=1S/C17H36O5Si/c1-6-8-9-16(7-2)17(18)21-14-12-19-10-11-20-13-15-22-23(3,4)5/h16H,6-15H2,1-5H3. The van der Waals surface area contributed by atoms with E-state index in [0.717, 1.165) is 25.7 Å². The van der Waals surface area contributed by atoms with Crippen molar-refractivity contribution in [3.8, 4) is 0 Å². The largest absolute Gasteiger partial charge is 0.463 e. The molecule has 0 aliphatic carbocycles. The zero-order chi connectivity index (χ0) is 17.6. The van der Waals surface area contributed by atoms with Crippen LogP contribution in [0.3, 0.4) is 0 Å².